The van der Waals surface area contributed by atoms with Crippen LogP contribution >= 0.6 is 12.4 Å². The van der Waals surface area contributed by atoms with Crippen LogP contribution in [0.5, 0.6) is 0 Å². The first kappa shape index (κ1) is 23.6. The van der Waals surface area contributed by atoms with E-state index in [0.717, 1.165) is 19.3 Å². The number of nitrogens with one attached hydrogen (secondary N) is 1. The Morgan fingerprint density at radius 2 is 1.79 bits per heavy atom. The van der Waals surface area contributed by atoms with E-state index < -0.39 is 15.9 Å². The maximum Gasteiger partial charge on any atom is 0.237 e. The molecule has 0 radical (unpaired) electrons. The monoisotopic (exact) mass is 383 g/mol. The van der Waals surface area contributed by atoms with Crippen molar-refractivity contribution in [1.82, 2.24) is 10.2 Å². The van der Waals surface area contributed by atoms with Gasteiger partial charge in [0, 0.05) is 31.4 Å². The third-order valence-electron chi connectivity index (χ3n) is 4.56. The van der Waals surface area contributed by atoms with E-state index in [4.69, 9.17) is 5.73 Å². The summed E-state index contributed by atoms with van der Waals surface area (Å²) >= 11 is 0. The number of rotatable bonds is 7. The molecule has 3 atom stereocenters. The minimum absolute atomic E-state index is 0. The van der Waals surface area contributed by atoms with Crippen molar-refractivity contribution in [2.45, 2.75) is 52.1 Å². The van der Waals surface area contributed by atoms with Gasteiger partial charge in [-0.05, 0) is 38.5 Å². The van der Waals surface area contributed by atoms with Crippen molar-refractivity contribution in [1.29, 1.82) is 0 Å². The van der Waals surface area contributed by atoms with Gasteiger partial charge in [-0.2, -0.15) is 0 Å². The first-order valence-corrected chi connectivity index (χ1v) is 10.4. The number of halogens is 1. The Labute approximate surface area is 153 Å². The van der Waals surface area contributed by atoms with Crippen LogP contribution in [-0.2, 0) is 14.6 Å². The van der Waals surface area contributed by atoms with Crippen LogP contribution in [0.25, 0.3) is 0 Å². The van der Waals surface area contributed by atoms with E-state index in [2.05, 4.69) is 37.9 Å². The summed E-state index contributed by atoms with van der Waals surface area (Å²) in [7, 11) is -3.09. The number of hydrogen-bond acceptors (Lipinski definition) is 5. The molecule has 1 aliphatic rings. The number of nitrogens with zero attached hydrogens (tertiary/aromatic N) is 1. The average Bonchev–Trinajstić information content (AvgIpc) is 2.40. The molecule has 0 aromatic carbocycles. The van der Waals surface area contributed by atoms with Crippen LogP contribution in [0.3, 0.4) is 0 Å². The summed E-state index contributed by atoms with van der Waals surface area (Å²) in [4.78, 5) is 14.5. The molecule has 0 aliphatic carbocycles. The fraction of sp³-hybridized carbons (Fsp3) is 0.938. The van der Waals surface area contributed by atoms with Crippen molar-refractivity contribution in [3.63, 3.8) is 0 Å². The zero-order valence-electron chi connectivity index (χ0n) is 15.5. The standard InChI is InChI=1S/C16H33N3O3S.ClH/c1-12-8-13(2)10-19(9-12)16(3,4)11-18-15(20)14(17)6-7-23(5,21)22;/h12-14H,6-11,17H2,1-5H3,(H,18,20);1H. The number of carbonyl (C=O) groups excluding carboxylic acids is 1. The van der Waals surface area contributed by atoms with E-state index in [1.165, 1.54) is 6.42 Å². The Balaban J connectivity index is 0.00000529. The van der Waals surface area contributed by atoms with Crippen LogP contribution in [0.2, 0.25) is 0 Å². The van der Waals surface area contributed by atoms with Crippen LogP contribution in [0.15, 0.2) is 0 Å². The number of amides is 1. The molecule has 1 rings (SSSR count). The van der Waals surface area contributed by atoms with Crippen molar-refractivity contribution < 1.29 is 13.2 Å². The molecule has 0 aromatic heterocycles. The van der Waals surface area contributed by atoms with Crippen LogP contribution in [0.4, 0.5) is 0 Å². The molecule has 3 unspecified atom stereocenters. The van der Waals surface area contributed by atoms with Gasteiger partial charge in [-0.1, -0.05) is 13.8 Å². The van der Waals surface area contributed by atoms with Gasteiger partial charge in [-0.3, -0.25) is 9.69 Å². The average molecular weight is 384 g/mol. The Bertz CT molecular complexity index is 501. The number of likely N-dealkylation sites (tertiary alicyclic amines) is 1. The van der Waals surface area contributed by atoms with E-state index in [1.54, 1.807) is 0 Å². The Hall–Kier alpha value is -0.370. The van der Waals surface area contributed by atoms with Gasteiger partial charge in [-0.25, -0.2) is 8.42 Å². The molecule has 8 heteroatoms. The van der Waals surface area contributed by atoms with Gasteiger partial charge in [0.2, 0.25) is 5.91 Å². The summed E-state index contributed by atoms with van der Waals surface area (Å²) in [6.45, 7) is 11.4. The number of nitrogens with two attached hydrogens (primary N) is 1. The van der Waals surface area contributed by atoms with Crippen LogP contribution in [0.1, 0.15) is 40.5 Å². The number of carbonyl (C=O) groups is 1. The highest BCUT2D eigenvalue weighted by Gasteiger charge is 2.33. The van der Waals surface area contributed by atoms with E-state index in [0.29, 0.717) is 18.4 Å². The van der Waals surface area contributed by atoms with Crippen molar-refractivity contribution in [2.75, 3.05) is 31.6 Å². The summed E-state index contributed by atoms with van der Waals surface area (Å²) < 4.78 is 22.3. The van der Waals surface area contributed by atoms with Crippen LogP contribution in [0, 0.1) is 11.8 Å². The van der Waals surface area contributed by atoms with Gasteiger partial charge in [0.15, 0.2) is 0 Å². The second kappa shape index (κ2) is 9.36. The van der Waals surface area contributed by atoms with Crippen molar-refractivity contribution in [3.8, 4) is 0 Å². The normalized spacial score (nSPS) is 24.1. The lowest BCUT2D eigenvalue weighted by Crippen LogP contribution is -2.57. The third-order valence-corrected chi connectivity index (χ3v) is 5.53. The van der Waals surface area contributed by atoms with Crippen molar-refractivity contribution in [2.24, 2.45) is 17.6 Å². The molecule has 24 heavy (non-hydrogen) atoms. The molecule has 0 aromatic rings. The summed E-state index contributed by atoms with van der Waals surface area (Å²) in [5, 5.41) is 2.89. The summed E-state index contributed by atoms with van der Waals surface area (Å²) in [5.41, 5.74) is 5.64. The smallest absolute Gasteiger partial charge is 0.237 e. The van der Waals surface area contributed by atoms with Gasteiger partial charge < -0.3 is 11.1 Å². The Morgan fingerprint density at radius 1 is 1.29 bits per heavy atom. The molecular weight excluding hydrogens is 350 g/mol. The molecule has 1 saturated heterocycles. The van der Waals surface area contributed by atoms with Gasteiger partial charge in [-0.15, -0.1) is 12.4 Å². The highest BCUT2D eigenvalue weighted by atomic mass is 35.5. The predicted octanol–water partition coefficient (Wildman–Crippen LogP) is 1.04. The lowest BCUT2D eigenvalue weighted by atomic mass is 9.88. The van der Waals surface area contributed by atoms with E-state index >= 15 is 0 Å². The van der Waals surface area contributed by atoms with E-state index in [1.807, 2.05) is 0 Å². The second-order valence-electron chi connectivity index (χ2n) is 7.91. The molecule has 1 amide bonds. The van der Waals surface area contributed by atoms with Gasteiger partial charge in [0.25, 0.3) is 0 Å². The first-order valence-electron chi connectivity index (χ1n) is 8.37. The highest BCUT2D eigenvalue weighted by molar-refractivity contribution is 7.90. The molecule has 1 heterocycles. The number of hydrogen-bond donors (Lipinski definition) is 2. The van der Waals surface area contributed by atoms with Gasteiger partial charge in [0.05, 0.1) is 11.8 Å². The fourth-order valence-electron chi connectivity index (χ4n) is 3.18. The summed E-state index contributed by atoms with van der Waals surface area (Å²) in [6, 6.07) is -0.778. The quantitative estimate of drug-likeness (QED) is 0.685. The van der Waals surface area contributed by atoms with Gasteiger partial charge in [0.1, 0.15) is 9.84 Å². The summed E-state index contributed by atoms with van der Waals surface area (Å²) in [5.74, 6) is 0.975. The molecule has 144 valence electrons. The largest absolute Gasteiger partial charge is 0.353 e. The Morgan fingerprint density at radius 3 is 2.25 bits per heavy atom. The molecule has 1 fully saturated rings. The first-order chi connectivity index (χ1) is 10.4. The second-order valence-corrected chi connectivity index (χ2v) is 10.2. The molecule has 0 saturated carbocycles. The minimum atomic E-state index is -3.09. The summed E-state index contributed by atoms with van der Waals surface area (Å²) in [6.07, 6.45) is 2.55. The van der Waals surface area contributed by atoms with Crippen LogP contribution < -0.4 is 11.1 Å². The SMILES string of the molecule is CC1CC(C)CN(C(C)(C)CNC(=O)C(N)CCS(C)(=O)=O)C1.Cl. The lowest BCUT2D eigenvalue weighted by molar-refractivity contribution is -0.123. The molecule has 6 nitrogen and oxygen atoms in total. The molecule has 3 N–H and O–H groups in total. The zero-order chi connectivity index (χ0) is 17.8. The molecule has 0 bridgehead atoms. The Kier molecular flexibility index (Phi) is 9.22. The fourth-order valence-corrected chi connectivity index (χ4v) is 3.86. The van der Waals surface area contributed by atoms with Crippen LogP contribution in [-0.4, -0.2) is 62.4 Å². The van der Waals surface area contributed by atoms with E-state index in [-0.39, 0.29) is 36.0 Å². The zero-order valence-corrected chi connectivity index (χ0v) is 17.2. The van der Waals surface area contributed by atoms with Gasteiger partial charge >= 0.3 is 0 Å². The highest BCUT2D eigenvalue weighted by Crippen LogP contribution is 2.26. The van der Waals surface area contributed by atoms with E-state index in [9.17, 15) is 13.2 Å². The maximum atomic E-state index is 12.1. The third kappa shape index (κ3) is 8.14. The van der Waals surface area contributed by atoms with Crippen molar-refractivity contribution in [3.05, 3.63) is 0 Å². The van der Waals surface area contributed by atoms with Crippen molar-refractivity contribution >= 4 is 28.2 Å². The predicted molar refractivity (Wildman–Crippen MR) is 101 cm³/mol. The molecule has 1 aliphatic heterocycles. The minimum Gasteiger partial charge on any atom is -0.353 e. The number of sulfone groups is 1. The maximum absolute atomic E-state index is 12.1. The topological polar surface area (TPSA) is 92.5 Å². The molecular formula is C16H34ClN3O3S. The lowest BCUT2D eigenvalue weighted by Gasteiger charge is -2.45. The molecule has 0 spiro atoms. The number of piperidine rings is 1.